The van der Waals surface area contributed by atoms with Crippen molar-refractivity contribution in [3.63, 3.8) is 0 Å². The van der Waals surface area contributed by atoms with Gasteiger partial charge in [0.05, 0.1) is 12.2 Å². The summed E-state index contributed by atoms with van der Waals surface area (Å²) >= 11 is 0. The average molecular weight is 367 g/mol. The Bertz CT molecular complexity index is 909. The number of likely N-dealkylation sites (N-methyl/N-ethyl adjacent to an activating group) is 1. The van der Waals surface area contributed by atoms with Crippen LogP contribution in [0.15, 0.2) is 55.1 Å². The molecule has 1 atom stereocenters. The van der Waals surface area contributed by atoms with E-state index in [0.717, 1.165) is 11.3 Å². The minimum atomic E-state index is -0.331. The van der Waals surface area contributed by atoms with Gasteiger partial charge in [-0.1, -0.05) is 18.2 Å². The second-order valence-electron chi connectivity index (χ2n) is 6.53. The van der Waals surface area contributed by atoms with Gasteiger partial charge < -0.3 is 5.32 Å². The maximum atomic E-state index is 13.6. The van der Waals surface area contributed by atoms with Crippen LogP contribution in [-0.4, -0.2) is 39.2 Å². The summed E-state index contributed by atoms with van der Waals surface area (Å²) in [5, 5.41) is 6.84. The van der Waals surface area contributed by atoms with Gasteiger partial charge in [0.1, 0.15) is 18.5 Å². The lowest BCUT2D eigenvalue weighted by atomic mass is 10.1. The zero-order valence-electron chi connectivity index (χ0n) is 15.6. The molecule has 1 unspecified atom stereocenters. The van der Waals surface area contributed by atoms with Crippen molar-refractivity contribution in [2.45, 2.75) is 19.9 Å². The molecule has 7 heteroatoms. The molecule has 27 heavy (non-hydrogen) atoms. The van der Waals surface area contributed by atoms with Gasteiger partial charge in [-0.05, 0) is 56.3 Å². The van der Waals surface area contributed by atoms with Crippen molar-refractivity contribution in [2.75, 3.05) is 18.9 Å². The molecule has 0 aliphatic carbocycles. The Morgan fingerprint density at radius 2 is 2.00 bits per heavy atom. The molecule has 1 N–H and O–H groups in total. The number of hydrogen-bond donors (Lipinski definition) is 1. The number of halogens is 1. The maximum absolute atomic E-state index is 13.6. The third kappa shape index (κ3) is 4.57. The predicted octanol–water partition coefficient (Wildman–Crippen LogP) is 3.35. The van der Waals surface area contributed by atoms with Crippen molar-refractivity contribution in [2.24, 2.45) is 0 Å². The monoisotopic (exact) mass is 367 g/mol. The number of rotatable bonds is 6. The smallest absolute Gasteiger partial charge is 0.238 e. The molecule has 140 valence electrons. The Morgan fingerprint density at radius 1 is 1.26 bits per heavy atom. The minimum Gasteiger partial charge on any atom is -0.325 e. The molecule has 3 rings (SSSR count). The molecule has 6 nitrogen and oxygen atoms in total. The zero-order valence-corrected chi connectivity index (χ0v) is 15.6. The molecule has 1 heterocycles. The van der Waals surface area contributed by atoms with Gasteiger partial charge in [0, 0.05) is 11.7 Å². The number of anilines is 1. The van der Waals surface area contributed by atoms with Crippen LogP contribution in [0.5, 0.6) is 0 Å². The third-order valence-electron chi connectivity index (χ3n) is 4.57. The molecular formula is C20H22FN5O. The lowest BCUT2D eigenvalue weighted by Crippen LogP contribution is -2.32. The standard InChI is InChI=1S/C20H22FN5O/c1-14-4-7-17(10-19(14)21)24-20(27)11-25(3)15(2)16-5-8-18(9-6-16)26-13-22-12-23-26/h4-10,12-13,15H,11H2,1-3H3,(H,24,27). The molecule has 0 fully saturated rings. The molecule has 0 aliphatic heterocycles. The van der Waals surface area contributed by atoms with E-state index in [9.17, 15) is 9.18 Å². The first-order valence-corrected chi connectivity index (χ1v) is 8.65. The Balaban J connectivity index is 1.60. The topological polar surface area (TPSA) is 63.1 Å². The summed E-state index contributed by atoms with van der Waals surface area (Å²) in [4.78, 5) is 18.1. The van der Waals surface area contributed by atoms with Gasteiger partial charge in [-0.25, -0.2) is 14.1 Å². The fourth-order valence-electron chi connectivity index (χ4n) is 2.74. The highest BCUT2D eigenvalue weighted by Crippen LogP contribution is 2.20. The van der Waals surface area contributed by atoms with Gasteiger partial charge in [0.15, 0.2) is 0 Å². The van der Waals surface area contributed by atoms with E-state index < -0.39 is 0 Å². The van der Waals surface area contributed by atoms with Crippen molar-refractivity contribution in [3.05, 3.63) is 72.1 Å². The molecule has 0 aliphatic rings. The first-order valence-electron chi connectivity index (χ1n) is 8.65. The largest absolute Gasteiger partial charge is 0.325 e. The molecule has 3 aromatic rings. The number of carbonyl (C=O) groups is 1. The van der Waals surface area contributed by atoms with Crippen molar-refractivity contribution < 1.29 is 9.18 Å². The van der Waals surface area contributed by atoms with Crippen molar-refractivity contribution >= 4 is 11.6 Å². The molecule has 1 aromatic heterocycles. The third-order valence-corrected chi connectivity index (χ3v) is 4.57. The predicted molar refractivity (Wildman–Crippen MR) is 102 cm³/mol. The van der Waals surface area contributed by atoms with Gasteiger partial charge in [-0.15, -0.1) is 0 Å². The van der Waals surface area contributed by atoms with Gasteiger partial charge in [0.25, 0.3) is 0 Å². The van der Waals surface area contributed by atoms with Gasteiger partial charge >= 0.3 is 0 Å². The van der Waals surface area contributed by atoms with E-state index in [4.69, 9.17) is 0 Å². The highest BCUT2D eigenvalue weighted by molar-refractivity contribution is 5.92. The molecule has 2 aromatic carbocycles. The first-order chi connectivity index (χ1) is 12.9. The van der Waals surface area contributed by atoms with Gasteiger partial charge in [-0.2, -0.15) is 5.10 Å². The van der Waals surface area contributed by atoms with Crippen LogP contribution in [0.2, 0.25) is 0 Å². The van der Waals surface area contributed by atoms with E-state index in [1.807, 2.05) is 43.1 Å². The van der Waals surface area contributed by atoms with Crippen LogP contribution < -0.4 is 5.32 Å². The van der Waals surface area contributed by atoms with Gasteiger partial charge in [0.2, 0.25) is 5.91 Å². The van der Waals surface area contributed by atoms with E-state index >= 15 is 0 Å². The summed E-state index contributed by atoms with van der Waals surface area (Å²) < 4.78 is 15.3. The summed E-state index contributed by atoms with van der Waals surface area (Å²) in [6, 6.07) is 12.6. The molecule has 0 bridgehead atoms. The van der Waals surface area contributed by atoms with Crippen LogP contribution >= 0.6 is 0 Å². The Kier molecular flexibility index (Phi) is 5.61. The van der Waals surface area contributed by atoms with Gasteiger partial charge in [-0.3, -0.25) is 9.69 Å². The summed E-state index contributed by atoms with van der Waals surface area (Å²) in [6.07, 6.45) is 3.13. The lowest BCUT2D eigenvalue weighted by molar-refractivity contribution is -0.117. The number of aryl methyl sites for hydroxylation is 1. The normalized spacial score (nSPS) is 12.2. The molecule has 0 spiro atoms. The molecular weight excluding hydrogens is 345 g/mol. The summed E-state index contributed by atoms with van der Waals surface area (Å²) in [5.41, 5.74) is 3.01. The Labute approximate surface area is 157 Å². The number of amides is 1. The fourth-order valence-corrected chi connectivity index (χ4v) is 2.74. The highest BCUT2D eigenvalue weighted by Gasteiger charge is 2.15. The summed E-state index contributed by atoms with van der Waals surface area (Å²) in [5.74, 6) is -0.520. The van der Waals surface area contributed by atoms with Crippen molar-refractivity contribution in [3.8, 4) is 5.69 Å². The Hall–Kier alpha value is -3.06. The van der Waals surface area contributed by atoms with Crippen molar-refractivity contribution in [1.29, 1.82) is 0 Å². The second kappa shape index (κ2) is 8.09. The Morgan fingerprint density at radius 3 is 2.63 bits per heavy atom. The number of carbonyl (C=O) groups excluding carboxylic acids is 1. The minimum absolute atomic E-state index is 0.0373. The lowest BCUT2D eigenvalue weighted by Gasteiger charge is -2.24. The molecule has 0 saturated heterocycles. The zero-order chi connectivity index (χ0) is 19.4. The molecule has 0 saturated carbocycles. The summed E-state index contributed by atoms with van der Waals surface area (Å²) in [6.45, 7) is 3.91. The molecule has 0 radical (unpaired) electrons. The maximum Gasteiger partial charge on any atom is 0.238 e. The summed E-state index contributed by atoms with van der Waals surface area (Å²) in [7, 11) is 1.88. The quantitative estimate of drug-likeness (QED) is 0.726. The van der Waals surface area contributed by atoms with Crippen LogP contribution in [0.1, 0.15) is 24.1 Å². The van der Waals surface area contributed by atoms with Crippen LogP contribution in [0.3, 0.4) is 0 Å². The number of nitrogens with zero attached hydrogens (tertiary/aromatic N) is 4. The van der Waals surface area contributed by atoms with E-state index in [1.54, 1.807) is 30.1 Å². The number of benzene rings is 2. The SMILES string of the molecule is Cc1ccc(NC(=O)CN(C)C(C)c2ccc(-n3cncn3)cc2)cc1F. The van der Waals surface area contributed by atoms with E-state index in [0.29, 0.717) is 11.3 Å². The second-order valence-corrected chi connectivity index (χ2v) is 6.53. The van der Waals surface area contributed by atoms with Crippen LogP contribution in [0.4, 0.5) is 10.1 Å². The first kappa shape index (κ1) is 18.7. The van der Waals surface area contributed by atoms with E-state index in [1.165, 1.54) is 12.4 Å². The average Bonchev–Trinajstić information content (AvgIpc) is 3.19. The van der Waals surface area contributed by atoms with Crippen LogP contribution in [-0.2, 0) is 4.79 Å². The van der Waals surface area contributed by atoms with E-state index in [2.05, 4.69) is 15.4 Å². The van der Waals surface area contributed by atoms with Crippen LogP contribution in [0, 0.1) is 12.7 Å². The fraction of sp³-hybridized carbons (Fsp3) is 0.250. The number of aromatic nitrogens is 3. The van der Waals surface area contributed by atoms with E-state index in [-0.39, 0.29) is 24.3 Å². The number of hydrogen-bond acceptors (Lipinski definition) is 4. The van der Waals surface area contributed by atoms with Crippen LogP contribution in [0.25, 0.3) is 5.69 Å². The number of nitrogens with one attached hydrogen (secondary N) is 1. The van der Waals surface area contributed by atoms with Crippen molar-refractivity contribution in [1.82, 2.24) is 19.7 Å². The highest BCUT2D eigenvalue weighted by atomic mass is 19.1. The molecule has 1 amide bonds.